The van der Waals surface area contributed by atoms with E-state index in [2.05, 4.69) is 12.1 Å². The van der Waals surface area contributed by atoms with Crippen LogP contribution in [0.2, 0.25) is 0 Å². The molecule has 0 radical (unpaired) electrons. The Morgan fingerprint density at radius 3 is 2.52 bits per heavy atom. The van der Waals surface area contributed by atoms with Crippen molar-refractivity contribution in [3.63, 3.8) is 0 Å². The molecule has 3 rings (SSSR count). The molecule has 0 aromatic heterocycles. The smallest absolute Gasteiger partial charge is 0.323 e. The third-order valence-electron chi connectivity index (χ3n) is 4.74. The highest BCUT2D eigenvalue weighted by atomic mass is 16.5. The van der Waals surface area contributed by atoms with Gasteiger partial charge in [0.25, 0.3) is 0 Å². The third-order valence-corrected chi connectivity index (χ3v) is 4.74. The average Bonchev–Trinajstić information content (AvgIpc) is 2.98. The molecule has 0 saturated carbocycles. The van der Waals surface area contributed by atoms with Crippen molar-refractivity contribution < 1.29 is 24.2 Å². The van der Waals surface area contributed by atoms with E-state index < -0.39 is 30.2 Å². The molecule has 2 aromatic rings. The molecule has 0 fully saturated rings. The van der Waals surface area contributed by atoms with Gasteiger partial charge < -0.3 is 20.3 Å². The largest absolute Gasteiger partial charge is 0.481 e. The molecular weight excluding hydrogens is 346 g/mol. The van der Waals surface area contributed by atoms with Crippen LogP contribution in [0.15, 0.2) is 42.5 Å². The summed E-state index contributed by atoms with van der Waals surface area (Å²) in [7, 11) is 0. The maximum Gasteiger partial charge on any atom is 0.323 e. The molecular formula is C21H23NO5. The van der Waals surface area contributed by atoms with E-state index in [0.717, 1.165) is 23.1 Å². The lowest BCUT2D eigenvalue weighted by atomic mass is 10.0. The van der Waals surface area contributed by atoms with Crippen molar-refractivity contribution in [2.24, 2.45) is 11.7 Å². The lowest BCUT2D eigenvalue weighted by Gasteiger charge is -2.21. The standard InChI is InChI=1S/C21H23NO5/c1-12(27-13(2)22)19(20(23)24)21(25)26-11-15-7-5-9-17-16-8-4-3-6-14(16)10-18(15)17/h3-9,12-13,19H,10-11,22H2,1-2H3,(H,23,24). The van der Waals surface area contributed by atoms with Crippen molar-refractivity contribution in [2.75, 3.05) is 0 Å². The number of carboxylic acid groups (broad SMARTS) is 1. The summed E-state index contributed by atoms with van der Waals surface area (Å²) in [5, 5.41) is 9.38. The van der Waals surface area contributed by atoms with Gasteiger partial charge in [0.1, 0.15) is 12.8 Å². The molecule has 0 bridgehead atoms. The Morgan fingerprint density at radius 1 is 1.11 bits per heavy atom. The molecule has 3 unspecified atom stereocenters. The summed E-state index contributed by atoms with van der Waals surface area (Å²) in [6, 6.07) is 14.0. The number of ether oxygens (including phenoxy) is 2. The van der Waals surface area contributed by atoms with Crippen molar-refractivity contribution in [2.45, 2.75) is 39.2 Å². The van der Waals surface area contributed by atoms with Gasteiger partial charge in [-0.15, -0.1) is 0 Å². The first-order valence-electron chi connectivity index (χ1n) is 8.88. The van der Waals surface area contributed by atoms with Crippen molar-refractivity contribution in [3.05, 3.63) is 59.2 Å². The number of aliphatic carboxylic acids is 1. The van der Waals surface area contributed by atoms with E-state index in [-0.39, 0.29) is 6.61 Å². The summed E-state index contributed by atoms with van der Waals surface area (Å²) in [5.74, 6) is -3.55. The van der Waals surface area contributed by atoms with Crippen LogP contribution in [-0.2, 0) is 32.1 Å². The number of rotatable bonds is 7. The van der Waals surface area contributed by atoms with E-state index in [4.69, 9.17) is 15.2 Å². The quantitative estimate of drug-likeness (QED) is 0.377. The van der Waals surface area contributed by atoms with Crippen LogP contribution < -0.4 is 5.73 Å². The predicted molar refractivity (Wildman–Crippen MR) is 99.8 cm³/mol. The molecule has 0 aliphatic heterocycles. The van der Waals surface area contributed by atoms with Crippen LogP contribution in [0.1, 0.15) is 30.5 Å². The number of benzene rings is 2. The zero-order chi connectivity index (χ0) is 19.6. The molecule has 0 heterocycles. The van der Waals surface area contributed by atoms with Crippen molar-refractivity contribution >= 4 is 11.9 Å². The van der Waals surface area contributed by atoms with Gasteiger partial charge in [0.05, 0.1) is 6.10 Å². The first-order valence-corrected chi connectivity index (χ1v) is 8.88. The molecule has 1 aliphatic rings. The summed E-state index contributed by atoms with van der Waals surface area (Å²) < 4.78 is 10.6. The summed E-state index contributed by atoms with van der Waals surface area (Å²) in [4.78, 5) is 23.9. The Labute approximate surface area is 157 Å². The number of esters is 1. The number of fused-ring (bicyclic) bond motifs is 3. The third kappa shape index (κ3) is 4.02. The Morgan fingerprint density at radius 2 is 1.81 bits per heavy atom. The maximum atomic E-state index is 12.4. The fourth-order valence-electron chi connectivity index (χ4n) is 3.51. The molecule has 1 aliphatic carbocycles. The Hall–Kier alpha value is -2.70. The van der Waals surface area contributed by atoms with Crippen LogP contribution in [0.4, 0.5) is 0 Å². The van der Waals surface area contributed by atoms with E-state index in [1.807, 2.05) is 30.3 Å². The molecule has 6 nitrogen and oxygen atoms in total. The van der Waals surface area contributed by atoms with Crippen LogP contribution in [0, 0.1) is 5.92 Å². The fraction of sp³-hybridized carbons (Fsp3) is 0.333. The normalized spacial score (nSPS) is 15.4. The molecule has 27 heavy (non-hydrogen) atoms. The van der Waals surface area contributed by atoms with E-state index in [0.29, 0.717) is 0 Å². The van der Waals surface area contributed by atoms with Crippen molar-refractivity contribution in [1.29, 1.82) is 0 Å². The number of carboxylic acids is 1. The fourth-order valence-corrected chi connectivity index (χ4v) is 3.51. The SMILES string of the molecule is CC(N)OC(C)C(C(=O)O)C(=O)OCc1cccc2c1Cc1ccccc1-2. The second kappa shape index (κ2) is 7.90. The minimum absolute atomic E-state index is 0.0185. The van der Waals surface area contributed by atoms with Crippen molar-refractivity contribution in [1.82, 2.24) is 0 Å². The highest BCUT2D eigenvalue weighted by Gasteiger charge is 2.35. The number of nitrogens with two attached hydrogens (primary N) is 1. The molecule has 0 amide bonds. The number of carbonyl (C=O) groups excluding carboxylic acids is 1. The van der Waals surface area contributed by atoms with Crippen LogP contribution in [0.3, 0.4) is 0 Å². The van der Waals surface area contributed by atoms with Gasteiger partial charge in [-0.25, -0.2) is 0 Å². The average molecular weight is 369 g/mol. The molecule has 3 N–H and O–H groups in total. The molecule has 2 aromatic carbocycles. The lowest BCUT2D eigenvalue weighted by molar-refractivity contribution is -0.168. The molecule has 0 spiro atoms. The molecule has 142 valence electrons. The summed E-state index contributed by atoms with van der Waals surface area (Å²) in [5.41, 5.74) is 11.1. The molecule has 0 saturated heterocycles. The number of carbonyl (C=O) groups is 2. The zero-order valence-corrected chi connectivity index (χ0v) is 15.3. The molecule has 3 atom stereocenters. The summed E-state index contributed by atoms with van der Waals surface area (Å²) in [6.45, 7) is 3.09. The van der Waals surface area contributed by atoms with Gasteiger partial charge in [-0.3, -0.25) is 9.59 Å². The zero-order valence-electron chi connectivity index (χ0n) is 15.3. The van der Waals surface area contributed by atoms with Gasteiger partial charge in [0.2, 0.25) is 0 Å². The topological polar surface area (TPSA) is 98.9 Å². The number of hydrogen-bond acceptors (Lipinski definition) is 5. The second-order valence-corrected chi connectivity index (χ2v) is 6.75. The highest BCUT2D eigenvalue weighted by Crippen LogP contribution is 2.38. The Balaban J connectivity index is 1.74. The predicted octanol–water partition coefficient (Wildman–Crippen LogP) is 2.71. The second-order valence-electron chi connectivity index (χ2n) is 6.75. The first kappa shape index (κ1) is 19.1. The van der Waals surface area contributed by atoms with Gasteiger partial charge in [-0.2, -0.15) is 0 Å². The van der Waals surface area contributed by atoms with Crippen LogP contribution in [-0.4, -0.2) is 29.4 Å². The summed E-state index contributed by atoms with van der Waals surface area (Å²) >= 11 is 0. The van der Waals surface area contributed by atoms with E-state index in [9.17, 15) is 14.7 Å². The van der Waals surface area contributed by atoms with Crippen LogP contribution >= 0.6 is 0 Å². The van der Waals surface area contributed by atoms with E-state index >= 15 is 0 Å². The van der Waals surface area contributed by atoms with Crippen LogP contribution in [0.5, 0.6) is 0 Å². The van der Waals surface area contributed by atoms with Gasteiger partial charge in [0, 0.05) is 0 Å². The minimum atomic E-state index is -1.43. The highest BCUT2D eigenvalue weighted by molar-refractivity contribution is 5.94. The monoisotopic (exact) mass is 369 g/mol. The number of hydrogen-bond donors (Lipinski definition) is 2. The van der Waals surface area contributed by atoms with Crippen LogP contribution in [0.25, 0.3) is 11.1 Å². The van der Waals surface area contributed by atoms with E-state index in [1.54, 1.807) is 6.92 Å². The Kier molecular flexibility index (Phi) is 5.58. The van der Waals surface area contributed by atoms with Gasteiger partial charge in [-0.1, -0.05) is 42.5 Å². The van der Waals surface area contributed by atoms with E-state index in [1.165, 1.54) is 18.1 Å². The molecule has 6 heteroatoms. The van der Waals surface area contributed by atoms with Gasteiger partial charge >= 0.3 is 11.9 Å². The Bertz CT molecular complexity index is 861. The van der Waals surface area contributed by atoms with Crippen molar-refractivity contribution in [3.8, 4) is 11.1 Å². The van der Waals surface area contributed by atoms with Gasteiger partial charge in [-0.05, 0) is 48.1 Å². The van der Waals surface area contributed by atoms with Gasteiger partial charge in [0.15, 0.2) is 5.92 Å². The maximum absolute atomic E-state index is 12.4. The summed E-state index contributed by atoms with van der Waals surface area (Å²) in [6.07, 6.45) is -0.794. The lowest BCUT2D eigenvalue weighted by Crippen LogP contribution is -2.39. The first-order chi connectivity index (χ1) is 12.9. The minimum Gasteiger partial charge on any atom is -0.481 e.